The zero-order valence-corrected chi connectivity index (χ0v) is 13.6. The molecule has 0 radical (unpaired) electrons. The highest BCUT2D eigenvalue weighted by molar-refractivity contribution is 5.95. The lowest BCUT2D eigenvalue weighted by atomic mass is 10.2. The molecule has 2 aromatic rings. The number of anilines is 3. The van der Waals surface area contributed by atoms with Crippen molar-refractivity contribution in [3.63, 3.8) is 0 Å². The van der Waals surface area contributed by atoms with Crippen LogP contribution in [-0.2, 0) is 0 Å². The van der Waals surface area contributed by atoms with Crippen LogP contribution in [0.5, 0.6) is 0 Å². The van der Waals surface area contributed by atoms with Crippen LogP contribution in [-0.4, -0.2) is 58.7 Å². The highest BCUT2D eigenvalue weighted by Crippen LogP contribution is 2.22. The van der Waals surface area contributed by atoms with E-state index in [1.807, 2.05) is 6.07 Å². The minimum absolute atomic E-state index is 0.217. The molecule has 126 valence electrons. The number of benzene rings is 1. The second kappa shape index (κ2) is 7.27. The van der Waals surface area contributed by atoms with Crippen LogP contribution in [0.1, 0.15) is 17.3 Å². The molecule has 24 heavy (non-hydrogen) atoms. The van der Waals surface area contributed by atoms with Crippen molar-refractivity contribution in [3.8, 4) is 0 Å². The monoisotopic (exact) mass is 327 g/mol. The molecular weight excluding hydrogens is 306 g/mol. The summed E-state index contributed by atoms with van der Waals surface area (Å²) in [4.78, 5) is 24.5. The Bertz CT molecular complexity index is 714. The summed E-state index contributed by atoms with van der Waals surface area (Å²) in [5, 5.41) is 12.3. The number of likely N-dealkylation sites (N-methyl/N-ethyl adjacent to an activating group) is 1. The van der Waals surface area contributed by atoms with Crippen molar-refractivity contribution in [2.75, 3.05) is 42.9 Å². The van der Waals surface area contributed by atoms with Crippen molar-refractivity contribution >= 4 is 23.3 Å². The van der Waals surface area contributed by atoms with E-state index in [2.05, 4.69) is 32.0 Å². The number of carboxylic acid groups (broad SMARTS) is 1. The first-order valence-corrected chi connectivity index (χ1v) is 8.06. The molecule has 0 amide bonds. The molecule has 0 bridgehead atoms. The highest BCUT2D eigenvalue weighted by atomic mass is 16.4. The summed E-state index contributed by atoms with van der Waals surface area (Å²) in [7, 11) is 0. The zero-order chi connectivity index (χ0) is 16.9. The van der Waals surface area contributed by atoms with Crippen LogP contribution in [0.3, 0.4) is 0 Å². The fourth-order valence-electron chi connectivity index (χ4n) is 2.80. The van der Waals surface area contributed by atoms with Crippen LogP contribution in [0.25, 0.3) is 0 Å². The first kappa shape index (κ1) is 16.2. The maximum atomic E-state index is 11.3. The molecule has 1 aliphatic rings. The Labute approximate surface area is 141 Å². The largest absolute Gasteiger partial charge is 0.478 e. The van der Waals surface area contributed by atoms with E-state index in [9.17, 15) is 9.90 Å². The Morgan fingerprint density at radius 2 is 1.96 bits per heavy atom. The average Bonchev–Trinajstić information content (AvgIpc) is 2.62. The highest BCUT2D eigenvalue weighted by Gasteiger charge is 2.17. The molecule has 2 heterocycles. The van der Waals surface area contributed by atoms with Gasteiger partial charge in [0.25, 0.3) is 0 Å². The Morgan fingerprint density at radius 3 is 2.67 bits per heavy atom. The number of aromatic nitrogens is 2. The van der Waals surface area contributed by atoms with Gasteiger partial charge in [-0.05, 0) is 18.7 Å². The third-order valence-corrected chi connectivity index (χ3v) is 4.22. The number of carbonyl (C=O) groups is 1. The maximum absolute atomic E-state index is 11.3. The summed E-state index contributed by atoms with van der Waals surface area (Å²) in [6.07, 6.45) is 1.51. The maximum Gasteiger partial charge on any atom is 0.337 e. The third-order valence-electron chi connectivity index (χ3n) is 4.22. The molecule has 1 aliphatic heterocycles. The summed E-state index contributed by atoms with van der Waals surface area (Å²) in [6.45, 7) is 7.13. The van der Waals surface area contributed by atoms with Gasteiger partial charge in [-0.1, -0.05) is 19.1 Å². The molecule has 7 nitrogen and oxygen atoms in total. The number of nitrogens with one attached hydrogen (secondary N) is 1. The van der Waals surface area contributed by atoms with E-state index in [4.69, 9.17) is 0 Å². The van der Waals surface area contributed by atoms with E-state index in [-0.39, 0.29) is 5.56 Å². The van der Waals surface area contributed by atoms with Crippen molar-refractivity contribution in [3.05, 3.63) is 42.2 Å². The van der Waals surface area contributed by atoms with Crippen LogP contribution in [0.2, 0.25) is 0 Å². The first-order chi connectivity index (χ1) is 11.7. The number of rotatable bonds is 5. The van der Waals surface area contributed by atoms with Gasteiger partial charge >= 0.3 is 5.97 Å². The van der Waals surface area contributed by atoms with Gasteiger partial charge in [0.2, 0.25) is 0 Å². The van der Waals surface area contributed by atoms with Crippen molar-refractivity contribution in [1.82, 2.24) is 14.9 Å². The summed E-state index contributed by atoms with van der Waals surface area (Å²) in [6, 6.07) is 8.65. The Hall–Kier alpha value is -2.67. The lowest BCUT2D eigenvalue weighted by Gasteiger charge is -2.34. The number of hydrogen-bond donors (Lipinski definition) is 2. The van der Waals surface area contributed by atoms with Crippen LogP contribution in [0.4, 0.5) is 17.3 Å². The van der Waals surface area contributed by atoms with Gasteiger partial charge in [-0.2, -0.15) is 0 Å². The molecule has 0 aliphatic carbocycles. The fourth-order valence-corrected chi connectivity index (χ4v) is 2.80. The van der Waals surface area contributed by atoms with E-state index in [0.717, 1.165) is 38.5 Å². The molecule has 7 heteroatoms. The van der Waals surface area contributed by atoms with Crippen LogP contribution < -0.4 is 10.2 Å². The molecule has 1 saturated heterocycles. The molecule has 0 unspecified atom stereocenters. The Balaban J connectivity index is 1.76. The topological polar surface area (TPSA) is 81.6 Å². The summed E-state index contributed by atoms with van der Waals surface area (Å²) in [5.74, 6) is 0.478. The number of para-hydroxylation sites is 1. The number of nitrogens with zero attached hydrogens (tertiary/aromatic N) is 4. The third kappa shape index (κ3) is 3.62. The number of aromatic carboxylic acids is 1. The summed E-state index contributed by atoms with van der Waals surface area (Å²) in [5.41, 5.74) is 0.736. The summed E-state index contributed by atoms with van der Waals surface area (Å²) >= 11 is 0. The molecule has 3 rings (SSSR count). The van der Waals surface area contributed by atoms with Crippen molar-refractivity contribution in [2.24, 2.45) is 0 Å². The van der Waals surface area contributed by atoms with Crippen LogP contribution >= 0.6 is 0 Å². The lowest BCUT2D eigenvalue weighted by molar-refractivity contribution is 0.0698. The van der Waals surface area contributed by atoms with E-state index < -0.39 is 5.97 Å². The Morgan fingerprint density at radius 1 is 1.21 bits per heavy atom. The van der Waals surface area contributed by atoms with Gasteiger partial charge in [-0.15, -0.1) is 0 Å². The quantitative estimate of drug-likeness (QED) is 0.870. The second-order valence-corrected chi connectivity index (χ2v) is 5.66. The SMILES string of the molecule is CCN1CCN(c2cc(Nc3ccccc3C(=O)O)ncn2)CC1. The second-order valence-electron chi connectivity index (χ2n) is 5.66. The van der Waals surface area contributed by atoms with Gasteiger partial charge in [0.05, 0.1) is 11.3 Å². The van der Waals surface area contributed by atoms with E-state index >= 15 is 0 Å². The van der Waals surface area contributed by atoms with Gasteiger partial charge in [-0.25, -0.2) is 14.8 Å². The molecule has 1 aromatic heterocycles. The summed E-state index contributed by atoms with van der Waals surface area (Å²) < 4.78 is 0. The molecular formula is C17H21N5O2. The fraction of sp³-hybridized carbons (Fsp3) is 0.353. The first-order valence-electron chi connectivity index (χ1n) is 8.06. The van der Waals surface area contributed by atoms with Crippen molar-refractivity contribution in [2.45, 2.75) is 6.92 Å². The van der Waals surface area contributed by atoms with Gasteiger partial charge in [-0.3, -0.25) is 0 Å². The lowest BCUT2D eigenvalue weighted by Crippen LogP contribution is -2.46. The Kier molecular flexibility index (Phi) is 4.90. The molecule has 1 aromatic carbocycles. The van der Waals surface area contributed by atoms with Gasteiger partial charge in [0.1, 0.15) is 18.0 Å². The minimum atomic E-state index is -0.969. The standard InChI is InChI=1S/C17H21N5O2/c1-2-21-7-9-22(10-8-21)16-11-15(18-12-19-16)20-14-6-4-3-5-13(14)17(23)24/h3-6,11-12H,2,7-10H2,1H3,(H,23,24)(H,18,19,20). The number of piperazine rings is 1. The predicted molar refractivity (Wildman–Crippen MR) is 93.0 cm³/mol. The normalized spacial score (nSPS) is 15.3. The van der Waals surface area contributed by atoms with E-state index in [1.54, 1.807) is 24.3 Å². The van der Waals surface area contributed by atoms with Gasteiger partial charge in [0.15, 0.2) is 0 Å². The smallest absolute Gasteiger partial charge is 0.337 e. The van der Waals surface area contributed by atoms with Crippen molar-refractivity contribution in [1.29, 1.82) is 0 Å². The molecule has 1 fully saturated rings. The molecule has 0 atom stereocenters. The van der Waals surface area contributed by atoms with Crippen LogP contribution in [0.15, 0.2) is 36.7 Å². The van der Waals surface area contributed by atoms with Crippen molar-refractivity contribution < 1.29 is 9.90 Å². The van der Waals surface area contributed by atoms with Gasteiger partial charge in [0, 0.05) is 32.2 Å². The zero-order valence-electron chi connectivity index (χ0n) is 13.6. The number of hydrogen-bond acceptors (Lipinski definition) is 6. The predicted octanol–water partition coefficient (Wildman–Crippen LogP) is 2.06. The molecule has 0 spiro atoms. The van der Waals surface area contributed by atoms with Gasteiger partial charge < -0.3 is 20.2 Å². The number of carboxylic acids is 1. The molecule has 2 N–H and O–H groups in total. The van der Waals surface area contributed by atoms with Crippen LogP contribution in [0, 0.1) is 0 Å². The minimum Gasteiger partial charge on any atom is -0.478 e. The van der Waals surface area contributed by atoms with E-state index in [1.165, 1.54) is 6.33 Å². The van der Waals surface area contributed by atoms with E-state index in [0.29, 0.717) is 11.5 Å². The molecule has 0 saturated carbocycles. The average molecular weight is 327 g/mol.